The second-order valence-electron chi connectivity index (χ2n) is 3.69. The molecule has 0 aliphatic heterocycles. The van der Waals surface area contributed by atoms with E-state index in [0.717, 1.165) is 0 Å². The van der Waals surface area contributed by atoms with E-state index in [1.54, 1.807) is 13.1 Å². The van der Waals surface area contributed by atoms with Crippen LogP contribution in [-0.2, 0) is 4.79 Å². The first-order chi connectivity index (χ1) is 9.04. The van der Waals surface area contributed by atoms with Gasteiger partial charge in [-0.15, -0.1) is 11.8 Å². The molecule has 100 valence electrons. The third kappa shape index (κ3) is 4.97. The summed E-state index contributed by atoms with van der Waals surface area (Å²) in [6.45, 7) is 0.395. The monoisotopic (exact) mass is 279 g/mol. The molecule has 1 aromatic heterocycles. The average Bonchev–Trinajstić information content (AvgIpc) is 2.42. The summed E-state index contributed by atoms with van der Waals surface area (Å²) in [6.07, 6.45) is 1.70. The van der Waals surface area contributed by atoms with Gasteiger partial charge >= 0.3 is 5.97 Å². The van der Waals surface area contributed by atoms with Crippen molar-refractivity contribution in [1.29, 1.82) is 5.26 Å². The summed E-state index contributed by atoms with van der Waals surface area (Å²) in [4.78, 5) is 28.3. The molecule has 1 N–H and O–H groups in total. The van der Waals surface area contributed by atoms with E-state index < -0.39 is 5.97 Å². The topological polar surface area (TPSA) is 94.3 Å². The third-order valence-electron chi connectivity index (χ3n) is 2.30. The number of nitrogens with zero attached hydrogens (tertiary/aromatic N) is 3. The molecule has 0 radical (unpaired) electrons. The van der Waals surface area contributed by atoms with Crippen molar-refractivity contribution in [3.8, 4) is 6.07 Å². The number of nitriles is 1. The molecule has 0 saturated carbocycles. The van der Waals surface area contributed by atoms with Crippen LogP contribution in [0.15, 0.2) is 23.2 Å². The maximum absolute atomic E-state index is 11.7. The van der Waals surface area contributed by atoms with Gasteiger partial charge in [0, 0.05) is 24.7 Å². The molecule has 1 amide bonds. The van der Waals surface area contributed by atoms with E-state index in [-0.39, 0.29) is 17.4 Å². The minimum atomic E-state index is -1.10. The Hall–Kier alpha value is -2.07. The number of aromatic nitrogens is 1. The molecule has 0 atom stereocenters. The van der Waals surface area contributed by atoms with Crippen molar-refractivity contribution in [2.45, 2.75) is 11.3 Å². The number of amides is 1. The van der Waals surface area contributed by atoms with Crippen molar-refractivity contribution in [1.82, 2.24) is 9.88 Å². The molecule has 19 heavy (non-hydrogen) atoms. The van der Waals surface area contributed by atoms with Gasteiger partial charge in [-0.25, -0.2) is 9.78 Å². The van der Waals surface area contributed by atoms with E-state index in [1.165, 1.54) is 28.9 Å². The molecule has 0 unspecified atom stereocenters. The lowest BCUT2D eigenvalue weighted by Crippen LogP contribution is -2.29. The molecule has 6 nitrogen and oxygen atoms in total. The lowest BCUT2D eigenvalue weighted by Gasteiger charge is -2.14. The van der Waals surface area contributed by atoms with Crippen LogP contribution in [0.1, 0.15) is 16.9 Å². The number of hydrogen-bond acceptors (Lipinski definition) is 5. The minimum absolute atomic E-state index is 0.0460. The molecule has 1 heterocycles. The van der Waals surface area contributed by atoms with E-state index in [2.05, 4.69) is 4.98 Å². The van der Waals surface area contributed by atoms with E-state index in [1.807, 2.05) is 6.07 Å². The van der Waals surface area contributed by atoms with Gasteiger partial charge in [-0.1, -0.05) is 0 Å². The van der Waals surface area contributed by atoms with E-state index in [4.69, 9.17) is 10.4 Å². The number of carboxylic acid groups (broad SMARTS) is 1. The van der Waals surface area contributed by atoms with Crippen molar-refractivity contribution >= 4 is 23.6 Å². The SMILES string of the molecule is CN(CCC#N)C(=O)CSc1ccnc(C(=O)O)c1. The molecule has 1 rings (SSSR count). The summed E-state index contributed by atoms with van der Waals surface area (Å²) in [5, 5.41) is 17.2. The Morgan fingerprint density at radius 1 is 1.58 bits per heavy atom. The predicted octanol–water partition coefficient (Wildman–Crippen LogP) is 1.24. The minimum Gasteiger partial charge on any atom is -0.477 e. The first-order valence-corrected chi connectivity index (χ1v) is 6.46. The first kappa shape index (κ1) is 15.0. The lowest BCUT2D eigenvalue weighted by molar-refractivity contribution is -0.127. The molecular formula is C12H13N3O3S. The molecular weight excluding hydrogens is 266 g/mol. The van der Waals surface area contributed by atoms with Gasteiger partial charge in [-0.2, -0.15) is 5.26 Å². The van der Waals surface area contributed by atoms with Crippen LogP contribution in [0, 0.1) is 11.3 Å². The molecule has 7 heteroatoms. The van der Waals surface area contributed by atoms with Gasteiger partial charge in [-0.05, 0) is 12.1 Å². The number of carboxylic acids is 1. The standard InChI is InChI=1S/C12H13N3O3S/c1-15(6-2-4-13)11(16)8-19-9-3-5-14-10(7-9)12(17)18/h3,5,7H,2,6,8H2,1H3,(H,17,18). The van der Waals surface area contributed by atoms with E-state index >= 15 is 0 Å². The van der Waals surface area contributed by atoms with Crippen LogP contribution in [0.4, 0.5) is 0 Å². The predicted molar refractivity (Wildman–Crippen MR) is 69.8 cm³/mol. The third-order valence-corrected chi connectivity index (χ3v) is 3.28. The highest BCUT2D eigenvalue weighted by molar-refractivity contribution is 8.00. The molecule has 0 aromatic carbocycles. The summed E-state index contributed by atoms with van der Waals surface area (Å²) in [5.41, 5.74) is -0.0460. The Morgan fingerprint density at radius 2 is 2.32 bits per heavy atom. The van der Waals surface area contributed by atoms with Crippen LogP contribution in [-0.4, -0.2) is 46.2 Å². The fourth-order valence-electron chi connectivity index (χ4n) is 1.22. The second kappa shape index (κ2) is 7.38. The van der Waals surface area contributed by atoms with Crippen LogP contribution in [0.2, 0.25) is 0 Å². The van der Waals surface area contributed by atoms with Crippen LogP contribution in [0.5, 0.6) is 0 Å². The quantitative estimate of drug-likeness (QED) is 0.787. The maximum atomic E-state index is 11.7. The van der Waals surface area contributed by atoms with Gasteiger partial charge in [-0.3, -0.25) is 4.79 Å². The van der Waals surface area contributed by atoms with Gasteiger partial charge < -0.3 is 10.0 Å². The fourth-order valence-corrected chi connectivity index (χ4v) is 2.08. The number of carbonyl (C=O) groups excluding carboxylic acids is 1. The largest absolute Gasteiger partial charge is 0.477 e. The van der Waals surface area contributed by atoms with Gasteiger partial charge in [0.05, 0.1) is 18.2 Å². The highest BCUT2D eigenvalue weighted by Crippen LogP contribution is 2.18. The van der Waals surface area contributed by atoms with Crippen LogP contribution < -0.4 is 0 Å². The van der Waals surface area contributed by atoms with Crippen LogP contribution in [0.25, 0.3) is 0 Å². The fraction of sp³-hybridized carbons (Fsp3) is 0.333. The van der Waals surface area contributed by atoms with E-state index in [9.17, 15) is 9.59 Å². The highest BCUT2D eigenvalue weighted by Gasteiger charge is 2.10. The Kier molecular flexibility index (Phi) is 5.82. The van der Waals surface area contributed by atoms with Crippen molar-refractivity contribution in [2.75, 3.05) is 19.3 Å². The molecule has 0 bridgehead atoms. The van der Waals surface area contributed by atoms with Crippen LogP contribution >= 0.6 is 11.8 Å². The Bertz CT molecular complexity index is 513. The highest BCUT2D eigenvalue weighted by atomic mass is 32.2. The summed E-state index contributed by atoms with van der Waals surface area (Å²) in [5.74, 6) is -1.00. The van der Waals surface area contributed by atoms with Crippen molar-refractivity contribution in [2.24, 2.45) is 0 Å². The average molecular weight is 279 g/mol. The van der Waals surface area contributed by atoms with Gasteiger partial charge in [0.1, 0.15) is 5.69 Å². The number of rotatable bonds is 6. The molecule has 0 spiro atoms. The molecule has 0 aliphatic rings. The zero-order valence-corrected chi connectivity index (χ0v) is 11.2. The van der Waals surface area contributed by atoms with Crippen LogP contribution in [0.3, 0.4) is 0 Å². The summed E-state index contributed by atoms with van der Waals surface area (Å²) in [6, 6.07) is 5.05. The smallest absolute Gasteiger partial charge is 0.354 e. The Morgan fingerprint density at radius 3 is 2.95 bits per heavy atom. The number of hydrogen-bond donors (Lipinski definition) is 1. The summed E-state index contributed by atoms with van der Waals surface area (Å²) in [7, 11) is 1.63. The van der Waals surface area contributed by atoms with Gasteiger partial charge in [0.2, 0.25) is 5.91 Å². The number of carbonyl (C=O) groups is 2. The maximum Gasteiger partial charge on any atom is 0.354 e. The molecule has 1 aromatic rings. The molecule has 0 fully saturated rings. The molecule has 0 aliphatic carbocycles. The summed E-state index contributed by atoms with van der Waals surface area (Å²) < 4.78 is 0. The Balaban J connectivity index is 2.52. The Labute approximate surface area is 115 Å². The zero-order valence-electron chi connectivity index (χ0n) is 10.4. The van der Waals surface area contributed by atoms with Gasteiger partial charge in [0.25, 0.3) is 0 Å². The lowest BCUT2D eigenvalue weighted by atomic mass is 10.3. The number of pyridine rings is 1. The van der Waals surface area contributed by atoms with Crippen molar-refractivity contribution in [3.63, 3.8) is 0 Å². The van der Waals surface area contributed by atoms with E-state index in [0.29, 0.717) is 17.9 Å². The molecule has 0 saturated heterocycles. The van der Waals surface area contributed by atoms with Gasteiger partial charge in [0.15, 0.2) is 0 Å². The number of thioether (sulfide) groups is 1. The normalized spacial score (nSPS) is 9.68. The zero-order chi connectivity index (χ0) is 14.3. The summed E-state index contributed by atoms with van der Waals surface area (Å²) >= 11 is 1.24. The first-order valence-electron chi connectivity index (χ1n) is 5.47. The van der Waals surface area contributed by atoms with Crippen molar-refractivity contribution < 1.29 is 14.7 Å². The second-order valence-corrected chi connectivity index (χ2v) is 4.74. The number of aromatic carboxylic acids is 1. The van der Waals surface area contributed by atoms with Crippen molar-refractivity contribution in [3.05, 3.63) is 24.0 Å².